The molecule has 5 heteroatoms. The number of likely N-dealkylation sites (N-methyl/N-ethyl adjacent to an activating group) is 1. The maximum absolute atomic E-state index is 11.6. The molecule has 1 atom stereocenters. The summed E-state index contributed by atoms with van der Waals surface area (Å²) in [7, 11) is 1.82. The lowest BCUT2D eigenvalue weighted by molar-refractivity contribution is -0.122. The number of amides is 1. The lowest BCUT2D eigenvalue weighted by Crippen LogP contribution is -2.43. The Morgan fingerprint density at radius 2 is 2.29 bits per heavy atom. The minimum Gasteiger partial charge on any atom is -0.389 e. The molecule has 0 aliphatic carbocycles. The normalized spacial score (nSPS) is 20.9. The summed E-state index contributed by atoms with van der Waals surface area (Å²) in [6.07, 6.45) is 2.29. The smallest absolute Gasteiger partial charge is 0.234 e. The van der Waals surface area contributed by atoms with Gasteiger partial charge in [-0.15, -0.1) is 0 Å². The fraction of sp³-hybridized carbons (Fsp3) is 0.917. The Kier molecular flexibility index (Phi) is 5.36. The van der Waals surface area contributed by atoms with E-state index in [9.17, 15) is 9.90 Å². The lowest BCUT2D eigenvalue weighted by atomic mass is 10.1. The van der Waals surface area contributed by atoms with E-state index in [1.54, 1.807) is 13.8 Å². The molecule has 100 valence electrons. The Bertz CT molecular complexity index is 245. The first-order valence-corrected chi connectivity index (χ1v) is 6.16. The van der Waals surface area contributed by atoms with E-state index in [1.165, 1.54) is 0 Å². The molecule has 17 heavy (non-hydrogen) atoms. The molecule has 1 aliphatic heterocycles. The summed E-state index contributed by atoms with van der Waals surface area (Å²) in [5, 5.41) is 12.5. The van der Waals surface area contributed by atoms with Crippen LogP contribution in [-0.2, 0) is 9.53 Å². The van der Waals surface area contributed by atoms with Crippen LogP contribution in [-0.4, -0.2) is 60.9 Å². The predicted octanol–water partition coefficient (Wildman–Crippen LogP) is -0.0157. The summed E-state index contributed by atoms with van der Waals surface area (Å²) in [6, 6.07) is 0. The topological polar surface area (TPSA) is 61.8 Å². The Morgan fingerprint density at radius 1 is 1.59 bits per heavy atom. The summed E-state index contributed by atoms with van der Waals surface area (Å²) in [5.74, 6) is -0.0211. The SMILES string of the molecule is CN(CC(=O)NCC1CCCO1)CC(C)(C)O. The molecule has 1 amide bonds. The van der Waals surface area contributed by atoms with Gasteiger partial charge >= 0.3 is 0 Å². The molecule has 0 saturated carbocycles. The first kappa shape index (κ1) is 14.4. The summed E-state index contributed by atoms with van der Waals surface area (Å²) in [4.78, 5) is 13.4. The monoisotopic (exact) mass is 244 g/mol. The first-order valence-electron chi connectivity index (χ1n) is 6.16. The number of hydrogen-bond acceptors (Lipinski definition) is 4. The van der Waals surface area contributed by atoms with Gasteiger partial charge in [-0.3, -0.25) is 9.69 Å². The van der Waals surface area contributed by atoms with E-state index < -0.39 is 5.60 Å². The van der Waals surface area contributed by atoms with Crippen LogP contribution in [0.5, 0.6) is 0 Å². The van der Waals surface area contributed by atoms with E-state index in [0.29, 0.717) is 19.6 Å². The van der Waals surface area contributed by atoms with Gasteiger partial charge in [0, 0.05) is 19.7 Å². The van der Waals surface area contributed by atoms with Gasteiger partial charge in [-0.2, -0.15) is 0 Å². The highest BCUT2D eigenvalue weighted by Gasteiger charge is 2.19. The van der Waals surface area contributed by atoms with E-state index in [0.717, 1.165) is 19.4 Å². The van der Waals surface area contributed by atoms with Crippen molar-refractivity contribution in [3.63, 3.8) is 0 Å². The minimum atomic E-state index is -0.774. The Balaban J connectivity index is 2.15. The highest BCUT2D eigenvalue weighted by molar-refractivity contribution is 5.78. The van der Waals surface area contributed by atoms with E-state index >= 15 is 0 Å². The Morgan fingerprint density at radius 3 is 2.82 bits per heavy atom. The Hall–Kier alpha value is -0.650. The molecule has 0 aromatic heterocycles. The van der Waals surface area contributed by atoms with Crippen molar-refractivity contribution in [3.8, 4) is 0 Å². The van der Waals surface area contributed by atoms with Crippen LogP contribution in [0.4, 0.5) is 0 Å². The van der Waals surface area contributed by atoms with Crippen LogP contribution < -0.4 is 5.32 Å². The van der Waals surface area contributed by atoms with Crippen molar-refractivity contribution in [2.45, 2.75) is 38.4 Å². The van der Waals surface area contributed by atoms with Crippen LogP contribution in [0.3, 0.4) is 0 Å². The van der Waals surface area contributed by atoms with Gasteiger partial charge in [-0.1, -0.05) is 0 Å². The van der Waals surface area contributed by atoms with E-state index in [4.69, 9.17) is 4.74 Å². The number of ether oxygens (including phenoxy) is 1. The number of carbonyl (C=O) groups excluding carboxylic acids is 1. The van der Waals surface area contributed by atoms with Crippen molar-refractivity contribution < 1.29 is 14.6 Å². The fourth-order valence-corrected chi connectivity index (χ4v) is 2.05. The first-order chi connectivity index (χ1) is 7.87. The summed E-state index contributed by atoms with van der Waals surface area (Å²) in [5.41, 5.74) is -0.774. The number of nitrogens with one attached hydrogen (secondary N) is 1. The van der Waals surface area contributed by atoms with Crippen LogP contribution in [0.2, 0.25) is 0 Å². The minimum absolute atomic E-state index is 0.0211. The van der Waals surface area contributed by atoms with Crippen LogP contribution in [0.15, 0.2) is 0 Å². The molecule has 0 spiro atoms. The Labute approximate surface area is 103 Å². The van der Waals surface area contributed by atoms with Crippen molar-refractivity contribution in [2.75, 3.05) is 33.3 Å². The van der Waals surface area contributed by atoms with Gasteiger partial charge in [0.05, 0.1) is 18.2 Å². The van der Waals surface area contributed by atoms with Gasteiger partial charge in [0.2, 0.25) is 5.91 Å². The van der Waals surface area contributed by atoms with Crippen molar-refractivity contribution in [3.05, 3.63) is 0 Å². The van der Waals surface area contributed by atoms with E-state index in [2.05, 4.69) is 5.32 Å². The average Bonchev–Trinajstić information content (AvgIpc) is 2.63. The molecule has 0 aromatic rings. The van der Waals surface area contributed by atoms with Crippen molar-refractivity contribution >= 4 is 5.91 Å². The molecule has 1 fully saturated rings. The van der Waals surface area contributed by atoms with Crippen molar-refractivity contribution in [1.82, 2.24) is 10.2 Å². The van der Waals surface area contributed by atoms with Crippen molar-refractivity contribution in [2.24, 2.45) is 0 Å². The second kappa shape index (κ2) is 6.33. The molecule has 0 bridgehead atoms. The highest BCUT2D eigenvalue weighted by Crippen LogP contribution is 2.10. The number of carbonyl (C=O) groups is 1. The van der Waals surface area contributed by atoms with E-state index in [1.807, 2.05) is 11.9 Å². The highest BCUT2D eigenvalue weighted by atomic mass is 16.5. The largest absolute Gasteiger partial charge is 0.389 e. The van der Waals surface area contributed by atoms with Crippen molar-refractivity contribution in [1.29, 1.82) is 0 Å². The summed E-state index contributed by atoms with van der Waals surface area (Å²) >= 11 is 0. The number of aliphatic hydroxyl groups is 1. The zero-order valence-electron chi connectivity index (χ0n) is 11.0. The second-order valence-corrected chi connectivity index (χ2v) is 5.42. The molecule has 1 aliphatic rings. The second-order valence-electron chi connectivity index (χ2n) is 5.42. The zero-order valence-corrected chi connectivity index (χ0v) is 11.0. The third-order valence-electron chi connectivity index (χ3n) is 2.62. The molecule has 1 saturated heterocycles. The molecule has 2 N–H and O–H groups in total. The van der Waals surface area contributed by atoms with Gasteiger partial charge in [0.1, 0.15) is 0 Å². The van der Waals surface area contributed by atoms with Gasteiger partial charge in [-0.25, -0.2) is 0 Å². The van der Waals surface area contributed by atoms with Crippen LogP contribution in [0.1, 0.15) is 26.7 Å². The van der Waals surface area contributed by atoms with Crippen LogP contribution in [0.25, 0.3) is 0 Å². The van der Waals surface area contributed by atoms with Crippen LogP contribution in [0, 0.1) is 0 Å². The molecule has 1 unspecified atom stereocenters. The fourth-order valence-electron chi connectivity index (χ4n) is 2.05. The lowest BCUT2D eigenvalue weighted by Gasteiger charge is -2.25. The summed E-state index contributed by atoms with van der Waals surface area (Å²) < 4.78 is 5.42. The number of nitrogens with zero attached hydrogens (tertiary/aromatic N) is 1. The molecule has 1 rings (SSSR count). The zero-order chi connectivity index (χ0) is 12.9. The molecule has 0 aromatic carbocycles. The number of rotatable bonds is 6. The molecular weight excluding hydrogens is 220 g/mol. The third kappa shape index (κ3) is 6.61. The summed E-state index contributed by atoms with van der Waals surface area (Å²) in [6.45, 7) is 5.63. The predicted molar refractivity (Wildman–Crippen MR) is 65.8 cm³/mol. The molecule has 1 heterocycles. The van der Waals surface area contributed by atoms with Gasteiger partial charge in [0.25, 0.3) is 0 Å². The maximum atomic E-state index is 11.6. The van der Waals surface area contributed by atoms with Gasteiger partial charge in [-0.05, 0) is 33.7 Å². The molecule has 5 nitrogen and oxygen atoms in total. The third-order valence-corrected chi connectivity index (χ3v) is 2.62. The van der Waals surface area contributed by atoms with Gasteiger partial charge < -0.3 is 15.2 Å². The maximum Gasteiger partial charge on any atom is 0.234 e. The quantitative estimate of drug-likeness (QED) is 0.689. The van der Waals surface area contributed by atoms with E-state index in [-0.39, 0.29) is 12.0 Å². The number of hydrogen-bond donors (Lipinski definition) is 2. The standard InChI is InChI=1S/C12H24N2O3/c1-12(2,16)9-14(3)8-11(15)13-7-10-5-4-6-17-10/h10,16H,4-9H2,1-3H3,(H,13,15). The molecule has 0 radical (unpaired) electrons. The average molecular weight is 244 g/mol. The van der Waals surface area contributed by atoms with Crippen LogP contribution >= 0.6 is 0 Å². The van der Waals surface area contributed by atoms with Gasteiger partial charge in [0.15, 0.2) is 0 Å². The molecular formula is C12H24N2O3.